The van der Waals surface area contributed by atoms with E-state index in [9.17, 15) is 9.59 Å². The fourth-order valence-corrected chi connectivity index (χ4v) is 2.50. The van der Waals surface area contributed by atoms with Crippen molar-refractivity contribution in [1.29, 1.82) is 0 Å². The van der Waals surface area contributed by atoms with Crippen molar-refractivity contribution in [2.24, 2.45) is 5.73 Å². The first-order valence-corrected chi connectivity index (χ1v) is 7.67. The van der Waals surface area contributed by atoms with Gasteiger partial charge in [-0.1, -0.05) is 30.3 Å². The van der Waals surface area contributed by atoms with Crippen molar-refractivity contribution in [2.75, 3.05) is 13.2 Å². The van der Waals surface area contributed by atoms with E-state index in [4.69, 9.17) is 15.2 Å². The molecule has 0 bridgehead atoms. The van der Waals surface area contributed by atoms with Crippen LogP contribution in [-0.4, -0.2) is 31.1 Å². The van der Waals surface area contributed by atoms with Gasteiger partial charge < -0.3 is 20.5 Å². The lowest BCUT2D eigenvalue weighted by Gasteiger charge is -2.19. The van der Waals surface area contributed by atoms with Gasteiger partial charge >= 0.3 is 0 Å². The van der Waals surface area contributed by atoms with E-state index in [2.05, 4.69) is 5.32 Å². The van der Waals surface area contributed by atoms with Gasteiger partial charge in [0.05, 0.1) is 0 Å². The van der Waals surface area contributed by atoms with Gasteiger partial charge in [0.25, 0.3) is 5.91 Å². The highest BCUT2D eigenvalue weighted by molar-refractivity contribution is 5.97. The van der Waals surface area contributed by atoms with Crippen LogP contribution in [0.15, 0.2) is 48.5 Å². The van der Waals surface area contributed by atoms with Crippen molar-refractivity contribution in [3.8, 4) is 11.5 Å². The molecule has 0 aliphatic carbocycles. The molecule has 1 heterocycles. The molecule has 2 aromatic rings. The molecule has 6 nitrogen and oxygen atoms in total. The van der Waals surface area contributed by atoms with Crippen LogP contribution in [0.1, 0.15) is 15.9 Å². The molecule has 2 amide bonds. The summed E-state index contributed by atoms with van der Waals surface area (Å²) in [5, 5.41) is 2.68. The lowest BCUT2D eigenvalue weighted by atomic mass is 10.0. The molecule has 1 atom stereocenters. The van der Waals surface area contributed by atoms with Gasteiger partial charge in [-0.15, -0.1) is 0 Å². The van der Waals surface area contributed by atoms with Gasteiger partial charge in [-0.2, -0.15) is 0 Å². The highest BCUT2D eigenvalue weighted by atomic mass is 16.6. The van der Waals surface area contributed by atoms with Crippen LogP contribution in [0.25, 0.3) is 0 Å². The first-order chi connectivity index (χ1) is 11.6. The molecule has 24 heavy (non-hydrogen) atoms. The lowest BCUT2D eigenvalue weighted by Crippen LogP contribution is -2.45. The first-order valence-electron chi connectivity index (χ1n) is 7.67. The summed E-state index contributed by atoms with van der Waals surface area (Å²) < 4.78 is 10.9. The summed E-state index contributed by atoms with van der Waals surface area (Å²) in [7, 11) is 0. The minimum Gasteiger partial charge on any atom is -0.486 e. The molecule has 3 rings (SSSR count). The Hall–Kier alpha value is -3.02. The van der Waals surface area contributed by atoms with E-state index in [1.807, 2.05) is 30.3 Å². The fraction of sp³-hybridized carbons (Fsp3) is 0.222. The molecular weight excluding hydrogens is 308 g/mol. The number of nitrogens with one attached hydrogen (secondary N) is 1. The summed E-state index contributed by atoms with van der Waals surface area (Å²) in [6.45, 7) is 0.926. The second kappa shape index (κ2) is 7.04. The summed E-state index contributed by atoms with van der Waals surface area (Å²) in [5.74, 6) is 0.164. The average molecular weight is 326 g/mol. The molecule has 0 aromatic heterocycles. The number of benzene rings is 2. The van der Waals surface area contributed by atoms with E-state index in [0.717, 1.165) is 5.56 Å². The van der Waals surface area contributed by atoms with E-state index >= 15 is 0 Å². The monoisotopic (exact) mass is 326 g/mol. The molecule has 0 radical (unpaired) electrons. The first kappa shape index (κ1) is 15.9. The second-order valence-corrected chi connectivity index (χ2v) is 5.48. The van der Waals surface area contributed by atoms with Gasteiger partial charge in [-0.25, -0.2) is 0 Å². The van der Waals surface area contributed by atoms with Gasteiger partial charge in [0.1, 0.15) is 19.3 Å². The van der Waals surface area contributed by atoms with Crippen molar-refractivity contribution in [2.45, 2.75) is 12.5 Å². The zero-order valence-electron chi connectivity index (χ0n) is 13.0. The van der Waals surface area contributed by atoms with Crippen LogP contribution in [-0.2, 0) is 11.2 Å². The van der Waals surface area contributed by atoms with Crippen LogP contribution in [0, 0.1) is 0 Å². The lowest BCUT2D eigenvalue weighted by molar-refractivity contribution is -0.119. The maximum Gasteiger partial charge on any atom is 0.252 e. The molecule has 1 unspecified atom stereocenters. The molecule has 0 saturated heterocycles. The summed E-state index contributed by atoms with van der Waals surface area (Å²) in [5.41, 5.74) is 6.73. The maximum absolute atomic E-state index is 12.4. The van der Waals surface area contributed by atoms with E-state index in [1.54, 1.807) is 18.2 Å². The number of primary amides is 1. The molecule has 124 valence electrons. The maximum atomic E-state index is 12.4. The molecule has 6 heteroatoms. The van der Waals surface area contributed by atoms with Crippen LogP contribution in [0.3, 0.4) is 0 Å². The normalized spacial score (nSPS) is 13.8. The summed E-state index contributed by atoms with van der Waals surface area (Å²) >= 11 is 0. The van der Waals surface area contributed by atoms with Crippen molar-refractivity contribution in [3.05, 3.63) is 59.7 Å². The SMILES string of the molecule is NC(=O)C(Cc1ccccc1)NC(=O)c1ccc2c(c1)OCCO2. The van der Waals surface area contributed by atoms with Gasteiger partial charge in [0.2, 0.25) is 5.91 Å². The van der Waals surface area contributed by atoms with E-state index < -0.39 is 11.9 Å². The predicted octanol–water partition coefficient (Wildman–Crippen LogP) is 1.28. The molecular formula is C18H18N2O4. The summed E-state index contributed by atoms with van der Waals surface area (Å²) in [6, 6.07) is 13.5. The van der Waals surface area contributed by atoms with Gasteiger partial charge in [0.15, 0.2) is 11.5 Å². The standard InChI is InChI=1S/C18H18N2O4/c19-17(21)14(10-12-4-2-1-3-5-12)20-18(22)13-6-7-15-16(11-13)24-9-8-23-15/h1-7,11,14H,8-10H2,(H2,19,21)(H,20,22). The Balaban J connectivity index is 1.72. The zero-order valence-corrected chi connectivity index (χ0v) is 13.0. The van der Waals surface area contributed by atoms with Gasteiger partial charge in [0, 0.05) is 12.0 Å². The van der Waals surface area contributed by atoms with E-state index in [-0.39, 0.29) is 5.91 Å². The molecule has 0 saturated carbocycles. The number of nitrogens with two attached hydrogens (primary N) is 1. The minimum absolute atomic E-state index is 0.340. The average Bonchev–Trinajstić information content (AvgIpc) is 2.61. The third-order valence-corrected chi connectivity index (χ3v) is 3.74. The number of fused-ring (bicyclic) bond motifs is 1. The van der Waals surface area contributed by atoms with E-state index in [0.29, 0.717) is 36.7 Å². The van der Waals surface area contributed by atoms with Crippen molar-refractivity contribution in [1.82, 2.24) is 5.32 Å². The smallest absolute Gasteiger partial charge is 0.252 e. The molecule has 1 aliphatic heterocycles. The van der Waals surface area contributed by atoms with Gasteiger partial charge in [-0.05, 0) is 23.8 Å². The topological polar surface area (TPSA) is 90.7 Å². The molecule has 0 fully saturated rings. The number of hydrogen-bond acceptors (Lipinski definition) is 4. The second-order valence-electron chi connectivity index (χ2n) is 5.48. The summed E-state index contributed by atoms with van der Waals surface area (Å²) in [6.07, 6.45) is 0.340. The Labute approximate surface area is 139 Å². The van der Waals surface area contributed by atoms with Crippen molar-refractivity contribution < 1.29 is 19.1 Å². The minimum atomic E-state index is -0.784. The number of ether oxygens (including phenoxy) is 2. The van der Waals surface area contributed by atoms with Crippen LogP contribution in [0.4, 0.5) is 0 Å². The Bertz CT molecular complexity index is 746. The van der Waals surface area contributed by atoms with Crippen LogP contribution in [0.2, 0.25) is 0 Å². The third kappa shape index (κ3) is 3.65. The van der Waals surface area contributed by atoms with Crippen LogP contribution < -0.4 is 20.5 Å². The highest BCUT2D eigenvalue weighted by Gasteiger charge is 2.21. The number of hydrogen-bond donors (Lipinski definition) is 2. The Morgan fingerprint density at radius 2 is 1.75 bits per heavy atom. The predicted molar refractivity (Wildman–Crippen MR) is 88.0 cm³/mol. The number of carbonyl (C=O) groups excluding carboxylic acids is 2. The largest absolute Gasteiger partial charge is 0.486 e. The molecule has 0 spiro atoms. The number of carbonyl (C=O) groups is 2. The fourth-order valence-electron chi connectivity index (χ4n) is 2.50. The van der Waals surface area contributed by atoms with Crippen molar-refractivity contribution >= 4 is 11.8 Å². The van der Waals surface area contributed by atoms with Crippen molar-refractivity contribution in [3.63, 3.8) is 0 Å². The van der Waals surface area contributed by atoms with E-state index in [1.165, 1.54) is 0 Å². The zero-order chi connectivity index (χ0) is 16.9. The highest BCUT2D eigenvalue weighted by Crippen LogP contribution is 2.30. The number of rotatable bonds is 5. The Morgan fingerprint density at radius 1 is 1.04 bits per heavy atom. The van der Waals surface area contributed by atoms with Crippen LogP contribution in [0.5, 0.6) is 11.5 Å². The molecule has 1 aliphatic rings. The molecule has 3 N–H and O–H groups in total. The van der Waals surface area contributed by atoms with Crippen LogP contribution >= 0.6 is 0 Å². The quantitative estimate of drug-likeness (QED) is 0.866. The van der Waals surface area contributed by atoms with Gasteiger partial charge in [-0.3, -0.25) is 9.59 Å². The Kier molecular flexibility index (Phi) is 4.65. The molecule has 2 aromatic carbocycles. The Morgan fingerprint density at radius 3 is 2.46 bits per heavy atom. The summed E-state index contributed by atoms with van der Waals surface area (Å²) in [4.78, 5) is 24.1. The third-order valence-electron chi connectivity index (χ3n) is 3.74. The number of amides is 2.